The lowest BCUT2D eigenvalue weighted by Gasteiger charge is -2.36. The van der Waals surface area contributed by atoms with E-state index in [9.17, 15) is 4.79 Å². The quantitative estimate of drug-likeness (QED) is 0.644. The fourth-order valence-corrected chi connectivity index (χ4v) is 4.34. The van der Waals surface area contributed by atoms with E-state index in [2.05, 4.69) is 32.5 Å². The number of carbonyl (C=O) groups excluding carboxylic acids is 1. The molecule has 0 atom stereocenters. The van der Waals surface area contributed by atoms with Crippen molar-refractivity contribution < 1.29 is 18.8 Å². The molecular formula is C24H25N5O4. The monoisotopic (exact) mass is 447 g/mol. The summed E-state index contributed by atoms with van der Waals surface area (Å²) in [5.41, 5.74) is 2.77. The Morgan fingerprint density at radius 1 is 0.970 bits per heavy atom. The molecule has 6 rings (SSSR count). The lowest BCUT2D eigenvalue weighted by Crippen LogP contribution is -2.50. The van der Waals surface area contributed by atoms with E-state index in [1.165, 1.54) is 6.42 Å². The summed E-state index contributed by atoms with van der Waals surface area (Å²) in [7, 11) is 0. The first kappa shape index (κ1) is 19.9. The van der Waals surface area contributed by atoms with Crippen molar-refractivity contribution in [1.82, 2.24) is 15.0 Å². The van der Waals surface area contributed by atoms with Gasteiger partial charge in [0.2, 0.25) is 18.5 Å². The van der Waals surface area contributed by atoms with Gasteiger partial charge in [0.05, 0.1) is 0 Å². The molecule has 1 saturated carbocycles. The van der Waals surface area contributed by atoms with Crippen molar-refractivity contribution in [3.05, 3.63) is 48.4 Å². The minimum Gasteiger partial charge on any atom is -0.454 e. The van der Waals surface area contributed by atoms with Crippen LogP contribution in [0.25, 0.3) is 11.4 Å². The average Bonchev–Trinajstić information content (AvgIpc) is 3.48. The lowest BCUT2D eigenvalue weighted by atomic mass is 9.85. The van der Waals surface area contributed by atoms with Gasteiger partial charge in [-0.3, -0.25) is 0 Å². The number of hydrogen-bond donors (Lipinski definition) is 1. The van der Waals surface area contributed by atoms with Crippen LogP contribution in [0, 0.1) is 0 Å². The third-order valence-electron chi connectivity index (χ3n) is 6.58. The van der Waals surface area contributed by atoms with Gasteiger partial charge in [0.15, 0.2) is 11.5 Å². The summed E-state index contributed by atoms with van der Waals surface area (Å²) >= 11 is 0. The van der Waals surface area contributed by atoms with E-state index in [4.69, 9.17) is 14.0 Å². The summed E-state index contributed by atoms with van der Waals surface area (Å²) in [6.45, 7) is 3.04. The lowest BCUT2D eigenvalue weighted by molar-refractivity contribution is 0.174. The molecule has 0 bridgehead atoms. The Balaban J connectivity index is 1.04. The van der Waals surface area contributed by atoms with E-state index in [1.54, 1.807) is 6.07 Å². The molecule has 1 aliphatic carbocycles. The number of aromatic nitrogens is 2. The highest BCUT2D eigenvalue weighted by Crippen LogP contribution is 2.36. The second kappa shape index (κ2) is 8.31. The van der Waals surface area contributed by atoms with Gasteiger partial charge in [-0.1, -0.05) is 11.6 Å². The third kappa shape index (κ3) is 3.94. The molecule has 170 valence electrons. The van der Waals surface area contributed by atoms with Crippen molar-refractivity contribution in [2.75, 3.05) is 43.2 Å². The molecule has 0 unspecified atom stereocenters. The van der Waals surface area contributed by atoms with Crippen LogP contribution in [0.2, 0.25) is 0 Å². The van der Waals surface area contributed by atoms with Crippen LogP contribution in [0.1, 0.15) is 31.1 Å². The average molecular weight is 447 g/mol. The van der Waals surface area contributed by atoms with Crippen molar-refractivity contribution in [3.8, 4) is 22.9 Å². The predicted octanol–water partition coefficient (Wildman–Crippen LogP) is 4.09. The first-order chi connectivity index (χ1) is 16.2. The molecule has 33 heavy (non-hydrogen) atoms. The van der Waals surface area contributed by atoms with Crippen LogP contribution in [0.3, 0.4) is 0 Å². The van der Waals surface area contributed by atoms with Crippen LogP contribution >= 0.6 is 0 Å². The van der Waals surface area contributed by atoms with Gasteiger partial charge in [-0.25, -0.2) is 4.79 Å². The molecule has 9 nitrogen and oxygen atoms in total. The number of piperazine rings is 1. The van der Waals surface area contributed by atoms with Gasteiger partial charge in [0.25, 0.3) is 0 Å². The number of fused-ring (bicyclic) bond motifs is 1. The van der Waals surface area contributed by atoms with E-state index in [0.29, 0.717) is 42.0 Å². The van der Waals surface area contributed by atoms with Crippen molar-refractivity contribution in [1.29, 1.82) is 0 Å². The minimum absolute atomic E-state index is 0.108. The standard InChI is InChI=1S/C24H25N5O4/c30-24(25-18-6-9-20-21(14-18)32-15-31-20)29-12-10-28(11-13-29)19-7-4-16(5-8-19)22-26-23(33-27-22)17-2-1-3-17/h4-9,14,17H,1-3,10-13,15H2,(H,25,30). The Labute approximate surface area is 191 Å². The van der Waals surface area contributed by atoms with Gasteiger partial charge in [0, 0.05) is 55.1 Å². The number of urea groups is 1. The third-order valence-corrected chi connectivity index (χ3v) is 6.58. The molecule has 9 heteroatoms. The first-order valence-electron chi connectivity index (χ1n) is 11.4. The fraction of sp³-hybridized carbons (Fsp3) is 0.375. The zero-order valence-electron chi connectivity index (χ0n) is 18.2. The van der Waals surface area contributed by atoms with Crippen LogP contribution in [0.5, 0.6) is 11.5 Å². The Hall–Kier alpha value is -3.75. The largest absolute Gasteiger partial charge is 0.454 e. The van der Waals surface area contributed by atoms with E-state index < -0.39 is 0 Å². The Morgan fingerprint density at radius 2 is 1.76 bits per heavy atom. The topological polar surface area (TPSA) is 93.0 Å². The number of benzene rings is 2. The van der Waals surface area contributed by atoms with E-state index in [-0.39, 0.29) is 12.8 Å². The Kier molecular flexibility index (Phi) is 5.01. The number of carbonyl (C=O) groups is 1. The maximum atomic E-state index is 12.7. The molecule has 3 aromatic rings. The zero-order valence-corrected chi connectivity index (χ0v) is 18.2. The van der Waals surface area contributed by atoms with Crippen molar-refractivity contribution in [2.24, 2.45) is 0 Å². The SMILES string of the molecule is O=C(Nc1ccc2c(c1)OCO2)N1CCN(c2ccc(-c3noc(C4CCC4)n3)cc2)CC1. The highest BCUT2D eigenvalue weighted by Gasteiger charge is 2.26. The molecule has 2 aromatic carbocycles. The number of nitrogens with zero attached hydrogens (tertiary/aromatic N) is 4. The van der Waals surface area contributed by atoms with E-state index >= 15 is 0 Å². The summed E-state index contributed by atoms with van der Waals surface area (Å²) in [5.74, 6) is 3.19. The molecule has 2 fully saturated rings. The van der Waals surface area contributed by atoms with Gasteiger partial charge >= 0.3 is 6.03 Å². The van der Waals surface area contributed by atoms with Gasteiger partial charge in [0.1, 0.15) is 0 Å². The van der Waals surface area contributed by atoms with Crippen LogP contribution in [-0.4, -0.2) is 54.0 Å². The number of hydrogen-bond acceptors (Lipinski definition) is 7. The molecule has 2 amide bonds. The van der Waals surface area contributed by atoms with E-state index in [1.807, 2.05) is 29.2 Å². The number of ether oxygens (including phenoxy) is 2. The molecule has 0 spiro atoms. The molecular weight excluding hydrogens is 422 g/mol. The van der Waals surface area contributed by atoms with Gasteiger partial charge in [-0.15, -0.1) is 0 Å². The zero-order chi connectivity index (χ0) is 22.2. The summed E-state index contributed by atoms with van der Waals surface area (Å²) in [4.78, 5) is 21.4. The van der Waals surface area contributed by atoms with Crippen molar-refractivity contribution in [2.45, 2.75) is 25.2 Å². The summed E-state index contributed by atoms with van der Waals surface area (Å²) < 4.78 is 16.1. The summed E-state index contributed by atoms with van der Waals surface area (Å²) in [6, 6.07) is 13.5. The molecule has 0 radical (unpaired) electrons. The normalized spacial score (nSPS) is 17.7. The first-order valence-corrected chi connectivity index (χ1v) is 11.4. The van der Waals surface area contributed by atoms with Crippen molar-refractivity contribution >= 4 is 17.4 Å². The molecule has 1 saturated heterocycles. The summed E-state index contributed by atoms with van der Waals surface area (Å²) in [6.07, 6.45) is 3.52. The predicted molar refractivity (Wildman–Crippen MR) is 122 cm³/mol. The molecule has 1 N–H and O–H groups in total. The number of rotatable bonds is 4. The summed E-state index contributed by atoms with van der Waals surface area (Å²) in [5, 5.41) is 7.10. The van der Waals surface area contributed by atoms with E-state index in [0.717, 1.165) is 43.1 Å². The van der Waals surface area contributed by atoms with Crippen LogP contribution in [-0.2, 0) is 0 Å². The molecule has 1 aromatic heterocycles. The smallest absolute Gasteiger partial charge is 0.321 e. The second-order valence-corrected chi connectivity index (χ2v) is 8.60. The number of amides is 2. The van der Waals surface area contributed by atoms with Crippen LogP contribution in [0.15, 0.2) is 47.0 Å². The molecule has 3 heterocycles. The Bertz CT molecular complexity index is 1150. The van der Waals surface area contributed by atoms with Gasteiger partial charge in [-0.05, 0) is 49.2 Å². The highest BCUT2D eigenvalue weighted by atomic mass is 16.7. The van der Waals surface area contributed by atoms with Crippen LogP contribution in [0.4, 0.5) is 16.2 Å². The molecule has 3 aliphatic rings. The minimum atomic E-state index is -0.108. The highest BCUT2D eigenvalue weighted by molar-refractivity contribution is 5.90. The maximum absolute atomic E-state index is 12.7. The Morgan fingerprint density at radius 3 is 2.52 bits per heavy atom. The fourth-order valence-electron chi connectivity index (χ4n) is 4.34. The molecule has 2 aliphatic heterocycles. The van der Waals surface area contributed by atoms with Gasteiger partial charge in [-0.2, -0.15) is 4.98 Å². The maximum Gasteiger partial charge on any atom is 0.321 e. The van der Waals surface area contributed by atoms with Crippen molar-refractivity contribution in [3.63, 3.8) is 0 Å². The second-order valence-electron chi connectivity index (χ2n) is 8.60. The number of nitrogens with one attached hydrogen (secondary N) is 1. The van der Waals surface area contributed by atoms with Gasteiger partial charge < -0.3 is 29.1 Å². The number of anilines is 2. The van der Waals surface area contributed by atoms with Crippen LogP contribution < -0.4 is 19.7 Å².